The first-order valence-electron chi connectivity index (χ1n) is 6.58. The van der Waals surface area contributed by atoms with E-state index < -0.39 is 5.91 Å². The third-order valence-corrected chi connectivity index (χ3v) is 3.85. The molecule has 0 heterocycles. The Morgan fingerprint density at radius 3 is 2.61 bits per heavy atom. The van der Waals surface area contributed by atoms with Gasteiger partial charge in [0.15, 0.2) is 0 Å². The van der Waals surface area contributed by atoms with E-state index in [9.17, 15) is 15.2 Å². The number of phenolic OH excluding ortho intramolecular Hbond substituents is 1. The van der Waals surface area contributed by atoms with Gasteiger partial charge in [-0.1, -0.05) is 29.3 Å². The van der Waals surface area contributed by atoms with Crippen LogP contribution in [0.3, 0.4) is 0 Å². The monoisotopic (exact) mass is 390 g/mol. The molecule has 0 saturated heterocycles. The molecule has 0 fully saturated rings. The first-order valence-corrected chi connectivity index (χ1v) is 7.75. The van der Waals surface area contributed by atoms with Gasteiger partial charge in [-0.15, -0.1) is 0 Å². The molecule has 0 aliphatic rings. The Kier molecular flexibility index (Phi) is 5.43. The van der Waals surface area contributed by atoms with E-state index in [0.717, 1.165) is 5.56 Å². The van der Waals surface area contributed by atoms with Crippen LogP contribution in [-0.2, 0) is 4.79 Å². The lowest BCUT2D eigenvalue weighted by Gasteiger charge is -2.06. The van der Waals surface area contributed by atoms with Gasteiger partial charge in [0.05, 0.1) is 4.47 Å². The minimum atomic E-state index is -0.563. The predicted octanol–water partition coefficient (Wildman–Crippen LogP) is 4.66. The molecule has 0 spiro atoms. The number of aromatic hydroxyl groups is 1. The number of carbonyl (C=O) groups excluding carboxylic acids is 1. The van der Waals surface area contributed by atoms with Crippen molar-refractivity contribution in [3.63, 3.8) is 0 Å². The van der Waals surface area contributed by atoms with E-state index in [-0.39, 0.29) is 16.9 Å². The molecule has 2 N–H and O–H groups in total. The van der Waals surface area contributed by atoms with Crippen LogP contribution in [0.5, 0.6) is 5.75 Å². The largest absolute Gasteiger partial charge is 0.506 e. The van der Waals surface area contributed by atoms with Crippen molar-refractivity contribution in [2.24, 2.45) is 0 Å². The van der Waals surface area contributed by atoms with Gasteiger partial charge in [0.2, 0.25) is 0 Å². The second kappa shape index (κ2) is 7.32. The van der Waals surface area contributed by atoms with Gasteiger partial charge in [-0.05, 0) is 53.2 Å². The Balaban J connectivity index is 2.30. The van der Waals surface area contributed by atoms with Crippen molar-refractivity contribution < 1.29 is 9.90 Å². The second-order valence-electron chi connectivity index (χ2n) is 4.82. The average Bonchev–Trinajstić information content (AvgIpc) is 2.51. The summed E-state index contributed by atoms with van der Waals surface area (Å²) >= 11 is 9.08. The number of hydrogen-bond acceptors (Lipinski definition) is 3. The Morgan fingerprint density at radius 2 is 2.00 bits per heavy atom. The standard InChI is InChI=1S/C17H12BrClN2O2/c1-10-2-4-14(5-3-10)21-17(23)12(9-20)6-11-7-13(19)8-15(18)16(11)22/h2-8,22H,1H3,(H,21,23). The number of carbonyl (C=O) groups is 1. The maximum Gasteiger partial charge on any atom is 0.266 e. The molecule has 0 atom stereocenters. The quantitative estimate of drug-likeness (QED) is 0.590. The van der Waals surface area contributed by atoms with Crippen molar-refractivity contribution in [3.05, 3.63) is 62.6 Å². The molecule has 0 aromatic heterocycles. The van der Waals surface area contributed by atoms with Gasteiger partial charge >= 0.3 is 0 Å². The van der Waals surface area contributed by atoms with Gasteiger partial charge in [0, 0.05) is 16.3 Å². The van der Waals surface area contributed by atoms with E-state index in [1.54, 1.807) is 12.1 Å². The first kappa shape index (κ1) is 17.1. The summed E-state index contributed by atoms with van der Waals surface area (Å²) in [6.07, 6.45) is 1.29. The highest BCUT2D eigenvalue weighted by Crippen LogP contribution is 2.32. The third kappa shape index (κ3) is 4.35. The fraction of sp³-hybridized carbons (Fsp3) is 0.0588. The molecule has 0 unspecified atom stereocenters. The first-order chi connectivity index (χ1) is 10.9. The van der Waals surface area contributed by atoms with Gasteiger partial charge in [0.1, 0.15) is 17.4 Å². The lowest BCUT2D eigenvalue weighted by molar-refractivity contribution is -0.112. The van der Waals surface area contributed by atoms with Crippen molar-refractivity contribution in [3.8, 4) is 11.8 Å². The maximum atomic E-state index is 12.2. The number of nitrogens with one attached hydrogen (secondary N) is 1. The fourth-order valence-electron chi connectivity index (χ4n) is 1.84. The number of halogens is 2. The Labute approximate surface area is 147 Å². The highest BCUT2D eigenvalue weighted by molar-refractivity contribution is 9.10. The highest BCUT2D eigenvalue weighted by atomic mass is 79.9. The normalized spacial score (nSPS) is 11.0. The average molecular weight is 392 g/mol. The molecule has 0 aliphatic heterocycles. The molecule has 2 aromatic rings. The molecule has 2 rings (SSSR count). The number of benzene rings is 2. The zero-order valence-electron chi connectivity index (χ0n) is 12.1. The van der Waals surface area contributed by atoms with Crippen molar-refractivity contribution in [2.75, 3.05) is 5.32 Å². The summed E-state index contributed by atoms with van der Waals surface area (Å²) in [6.45, 7) is 1.94. The summed E-state index contributed by atoms with van der Waals surface area (Å²) in [7, 11) is 0. The minimum absolute atomic E-state index is 0.0923. The topological polar surface area (TPSA) is 73.1 Å². The third-order valence-electron chi connectivity index (χ3n) is 3.03. The molecule has 23 heavy (non-hydrogen) atoms. The lowest BCUT2D eigenvalue weighted by atomic mass is 10.1. The SMILES string of the molecule is Cc1ccc(NC(=O)C(C#N)=Cc2cc(Cl)cc(Br)c2O)cc1. The van der Waals surface area contributed by atoms with Crippen LogP contribution in [0, 0.1) is 18.3 Å². The molecule has 0 aliphatic carbocycles. The highest BCUT2D eigenvalue weighted by Gasteiger charge is 2.12. The predicted molar refractivity (Wildman–Crippen MR) is 94.2 cm³/mol. The van der Waals surface area contributed by atoms with E-state index in [0.29, 0.717) is 15.2 Å². The Bertz CT molecular complexity index is 824. The van der Waals surface area contributed by atoms with Gasteiger partial charge in [-0.2, -0.15) is 5.26 Å². The molecule has 0 bridgehead atoms. The zero-order chi connectivity index (χ0) is 17.0. The maximum absolute atomic E-state index is 12.2. The van der Waals surface area contributed by atoms with Crippen molar-refractivity contribution >= 4 is 45.2 Å². The minimum Gasteiger partial charge on any atom is -0.506 e. The van der Waals surface area contributed by atoms with Gasteiger partial charge in [-0.3, -0.25) is 4.79 Å². The van der Waals surface area contributed by atoms with E-state index in [2.05, 4.69) is 21.2 Å². The van der Waals surface area contributed by atoms with Crippen LogP contribution >= 0.6 is 27.5 Å². The van der Waals surface area contributed by atoms with E-state index in [4.69, 9.17) is 11.6 Å². The molecule has 116 valence electrons. The number of nitriles is 1. The van der Waals surface area contributed by atoms with E-state index in [1.807, 2.05) is 25.1 Å². The van der Waals surface area contributed by atoms with Crippen LogP contribution in [0.4, 0.5) is 5.69 Å². The van der Waals surface area contributed by atoms with Gasteiger partial charge < -0.3 is 10.4 Å². The van der Waals surface area contributed by atoms with Crippen LogP contribution in [0.15, 0.2) is 46.4 Å². The number of amides is 1. The molecule has 6 heteroatoms. The molecule has 1 amide bonds. The molecule has 0 saturated carbocycles. The molecular formula is C17H12BrClN2O2. The van der Waals surface area contributed by atoms with Crippen LogP contribution in [0.25, 0.3) is 6.08 Å². The summed E-state index contributed by atoms with van der Waals surface area (Å²) in [5.41, 5.74) is 1.78. The van der Waals surface area contributed by atoms with Crippen molar-refractivity contribution in [1.29, 1.82) is 5.26 Å². The number of nitrogens with zero attached hydrogens (tertiary/aromatic N) is 1. The lowest BCUT2D eigenvalue weighted by Crippen LogP contribution is -2.13. The van der Waals surface area contributed by atoms with Crippen LogP contribution in [0.2, 0.25) is 5.02 Å². The molecule has 2 aromatic carbocycles. The summed E-state index contributed by atoms with van der Waals surface area (Å²) in [4.78, 5) is 12.2. The Hall–Kier alpha value is -2.29. The smallest absolute Gasteiger partial charge is 0.266 e. The number of phenols is 1. The summed E-state index contributed by atoms with van der Waals surface area (Å²) in [5.74, 6) is -0.655. The van der Waals surface area contributed by atoms with Crippen LogP contribution in [0.1, 0.15) is 11.1 Å². The number of rotatable bonds is 3. The summed E-state index contributed by atoms with van der Waals surface area (Å²) < 4.78 is 0.382. The number of hydrogen-bond donors (Lipinski definition) is 2. The van der Waals surface area contributed by atoms with Crippen LogP contribution < -0.4 is 5.32 Å². The molecule has 4 nitrogen and oxygen atoms in total. The zero-order valence-corrected chi connectivity index (χ0v) is 14.4. The number of aryl methyl sites for hydroxylation is 1. The van der Waals surface area contributed by atoms with Crippen LogP contribution in [-0.4, -0.2) is 11.0 Å². The van der Waals surface area contributed by atoms with Crippen molar-refractivity contribution in [2.45, 2.75) is 6.92 Å². The Morgan fingerprint density at radius 1 is 1.35 bits per heavy atom. The fourth-order valence-corrected chi connectivity index (χ4v) is 2.67. The summed E-state index contributed by atoms with van der Waals surface area (Å²) in [6, 6.07) is 12.0. The van der Waals surface area contributed by atoms with Crippen molar-refractivity contribution in [1.82, 2.24) is 0 Å². The van der Waals surface area contributed by atoms with E-state index >= 15 is 0 Å². The summed E-state index contributed by atoms with van der Waals surface area (Å²) in [5, 5.41) is 22.2. The van der Waals surface area contributed by atoms with E-state index in [1.165, 1.54) is 18.2 Å². The molecular weight excluding hydrogens is 380 g/mol. The molecule has 0 radical (unpaired) electrons. The van der Waals surface area contributed by atoms with Gasteiger partial charge in [0.25, 0.3) is 5.91 Å². The van der Waals surface area contributed by atoms with Gasteiger partial charge in [-0.25, -0.2) is 0 Å². The number of anilines is 1. The second-order valence-corrected chi connectivity index (χ2v) is 6.11.